The second-order valence-electron chi connectivity index (χ2n) is 6.09. The lowest BCUT2D eigenvalue weighted by Crippen LogP contribution is -2.10. The minimum atomic E-state index is 1.01. The molecule has 104 valence electrons. The Morgan fingerprint density at radius 3 is 1.59 bits per heavy atom. The third-order valence-electron chi connectivity index (χ3n) is 4.91. The summed E-state index contributed by atoms with van der Waals surface area (Å²) in [5, 5.41) is 8.44. The topological polar surface area (TPSA) is 0 Å². The zero-order valence-corrected chi connectivity index (χ0v) is 12.3. The predicted octanol–water partition coefficient (Wildman–Crippen LogP) is 3.78. The molecule has 0 heteroatoms. The first kappa shape index (κ1) is 12.0. The van der Waals surface area contributed by atoms with Gasteiger partial charge in [-0.15, -0.1) is 0 Å². The molecule has 2 aliphatic rings. The lowest BCUT2D eigenvalue weighted by atomic mass is 9.88. The van der Waals surface area contributed by atoms with Gasteiger partial charge in [-0.05, 0) is 56.0 Å². The first-order valence-electron chi connectivity index (χ1n) is 7.92. The number of fused-ring (bicyclic) bond motifs is 2. The number of rotatable bonds is 0. The van der Waals surface area contributed by atoms with Crippen molar-refractivity contribution in [1.29, 1.82) is 0 Å². The van der Waals surface area contributed by atoms with Gasteiger partial charge in [0, 0.05) is 0 Å². The van der Waals surface area contributed by atoms with Crippen LogP contribution in [0.5, 0.6) is 0 Å². The second kappa shape index (κ2) is 4.45. The van der Waals surface area contributed by atoms with Crippen LogP contribution in [0.1, 0.15) is 11.1 Å². The van der Waals surface area contributed by atoms with Crippen LogP contribution in [0, 0.1) is 0 Å². The highest BCUT2D eigenvalue weighted by Crippen LogP contribution is 2.32. The van der Waals surface area contributed by atoms with Gasteiger partial charge in [0.2, 0.25) is 0 Å². The zero-order valence-electron chi connectivity index (χ0n) is 12.3. The van der Waals surface area contributed by atoms with E-state index in [2.05, 4.69) is 72.9 Å². The molecule has 0 unspecified atom stereocenters. The lowest BCUT2D eigenvalue weighted by molar-refractivity contribution is 1.30. The zero-order chi connectivity index (χ0) is 14.5. The minimum Gasteiger partial charge on any atom is -0.0801 e. The van der Waals surface area contributed by atoms with E-state index < -0.39 is 0 Å². The van der Waals surface area contributed by atoms with Crippen LogP contribution in [0.3, 0.4) is 0 Å². The van der Waals surface area contributed by atoms with Crippen molar-refractivity contribution in [3.63, 3.8) is 0 Å². The SMILES string of the molecule is C1=CCc2c3cccc4c3c(c3cccc(c23)=C1)CC=CC=4. The molecule has 0 N–H and O–H groups in total. The molecular formula is C22H16. The van der Waals surface area contributed by atoms with Gasteiger partial charge >= 0.3 is 0 Å². The van der Waals surface area contributed by atoms with Gasteiger partial charge in [-0.3, -0.25) is 0 Å². The Bertz CT molecular complexity index is 1020. The van der Waals surface area contributed by atoms with Crippen LogP contribution in [-0.4, -0.2) is 0 Å². The van der Waals surface area contributed by atoms with Crippen molar-refractivity contribution in [3.05, 3.63) is 82.3 Å². The molecule has 0 atom stereocenters. The van der Waals surface area contributed by atoms with Gasteiger partial charge in [0.1, 0.15) is 0 Å². The third-order valence-corrected chi connectivity index (χ3v) is 4.91. The minimum absolute atomic E-state index is 1.01. The van der Waals surface area contributed by atoms with Gasteiger partial charge in [-0.1, -0.05) is 72.9 Å². The van der Waals surface area contributed by atoms with Gasteiger partial charge < -0.3 is 0 Å². The smallest absolute Gasteiger partial charge is 0.00669 e. The maximum Gasteiger partial charge on any atom is -0.00669 e. The molecule has 0 amide bonds. The molecule has 3 aromatic rings. The summed E-state index contributed by atoms with van der Waals surface area (Å²) in [6, 6.07) is 13.5. The molecule has 3 aromatic carbocycles. The van der Waals surface area contributed by atoms with Crippen molar-refractivity contribution in [2.24, 2.45) is 0 Å². The first-order chi connectivity index (χ1) is 10.9. The van der Waals surface area contributed by atoms with Crippen molar-refractivity contribution < 1.29 is 0 Å². The predicted molar refractivity (Wildman–Crippen MR) is 95.3 cm³/mol. The van der Waals surface area contributed by atoms with Gasteiger partial charge in [0.05, 0.1) is 0 Å². The highest BCUT2D eigenvalue weighted by Gasteiger charge is 2.15. The summed E-state index contributed by atoms with van der Waals surface area (Å²) in [7, 11) is 0. The van der Waals surface area contributed by atoms with E-state index >= 15 is 0 Å². The van der Waals surface area contributed by atoms with Crippen molar-refractivity contribution in [3.8, 4) is 0 Å². The molecule has 5 rings (SSSR count). The third kappa shape index (κ3) is 1.52. The van der Waals surface area contributed by atoms with E-state index in [0.29, 0.717) is 0 Å². The second-order valence-corrected chi connectivity index (χ2v) is 6.09. The Hall–Kier alpha value is -2.60. The Labute approximate surface area is 129 Å². The van der Waals surface area contributed by atoms with E-state index in [9.17, 15) is 0 Å². The van der Waals surface area contributed by atoms with E-state index in [0.717, 1.165) is 12.8 Å². The number of hydrogen-bond acceptors (Lipinski definition) is 0. The van der Waals surface area contributed by atoms with Crippen molar-refractivity contribution in [1.82, 2.24) is 0 Å². The summed E-state index contributed by atoms with van der Waals surface area (Å²) in [5.74, 6) is 0. The van der Waals surface area contributed by atoms with E-state index in [-0.39, 0.29) is 0 Å². The van der Waals surface area contributed by atoms with E-state index in [1.807, 2.05) is 0 Å². The lowest BCUT2D eigenvalue weighted by Gasteiger charge is -2.15. The van der Waals surface area contributed by atoms with Crippen LogP contribution in [0.2, 0.25) is 0 Å². The van der Waals surface area contributed by atoms with Crippen LogP contribution in [0.4, 0.5) is 0 Å². The van der Waals surface area contributed by atoms with Crippen LogP contribution in [-0.2, 0) is 12.8 Å². The fourth-order valence-corrected chi connectivity index (χ4v) is 4.00. The van der Waals surface area contributed by atoms with Gasteiger partial charge in [-0.25, -0.2) is 0 Å². The van der Waals surface area contributed by atoms with Crippen LogP contribution in [0.15, 0.2) is 60.7 Å². The Morgan fingerprint density at radius 1 is 0.591 bits per heavy atom. The highest BCUT2D eigenvalue weighted by molar-refractivity contribution is 6.07. The van der Waals surface area contributed by atoms with Crippen LogP contribution < -0.4 is 10.4 Å². The van der Waals surface area contributed by atoms with Crippen molar-refractivity contribution in [2.75, 3.05) is 0 Å². The molecule has 0 aromatic heterocycles. The number of allylic oxidation sites excluding steroid dienone is 4. The molecule has 0 nitrogen and oxygen atoms in total. The average molecular weight is 280 g/mol. The molecule has 0 aliphatic heterocycles. The monoisotopic (exact) mass is 280 g/mol. The Morgan fingerprint density at radius 2 is 1.09 bits per heavy atom. The fourth-order valence-electron chi connectivity index (χ4n) is 4.00. The largest absolute Gasteiger partial charge is 0.0801 e. The molecule has 0 saturated heterocycles. The van der Waals surface area contributed by atoms with E-state index in [4.69, 9.17) is 0 Å². The summed E-state index contributed by atoms with van der Waals surface area (Å²) in [4.78, 5) is 0. The Kier molecular flexibility index (Phi) is 2.42. The normalized spacial score (nSPS) is 15.3. The molecule has 0 bridgehead atoms. The van der Waals surface area contributed by atoms with E-state index in [1.54, 1.807) is 0 Å². The summed E-state index contributed by atoms with van der Waals surface area (Å²) >= 11 is 0. The number of benzene rings is 3. The highest BCUT2D eigenvalue weighted by atomic mass is 14.2. The molecule has 22 heavy (non-hydrogen) atoms. The molecule has 0 heterocycles. The molecule has 0 fully saturated rings. The quantitative estimate of drug-likeness (QED) is 0.550. The van der Waals surface area contributed by atoms with Crippen LogP contribution in [0.25, 0.3) is 33.7 Å². The maximum absolute atomic E-state index is 2.30. The molecule has 0 spiro atoms. The van der Waals surface area contributed by atoms with E-state index in [1.165, 1.54) is 43.1 Å². The standard InChI is InChI=1S/C22H16/c1-3-11-17-19-14-6-10-16-8-2-4-12-18(22(16)19)20-13-5-9-15(7-1)21(17)20/h1-10,13-14H,11-12H2. The fraction of sp³-hybridized carbons (Fsp3) is 0.0909. The molecule has 2 aliphatic carbocycles. The molecular weight excluding hydrogens is 264 g/mol. The average Bonchev–Trinajstić information content (AvgIpc) is 2.90. The van der Waals surface area contributed by atoms with Crippen molar-refractivity contribution >= 4 is 33.7 Å². The van der Waals surface area contributed by atoms with Gasteiger partial charge in [0.15, 0.2) is 0 Å². The molecule has 0 saturated carbocycles. The maximum atomic E-state index is 2.30. The van der Waals surface area contributed by atoms with Crippen LogP contribution >= 0.6 is 0 Å². The van der Waals surface area contributed by atoms with Crippen molar-refractivity contribution in [2.45, 2.75) is 12.8 Å². The first-order valence-corrected chi connectivity index (χ1v) is 7.92. The number of hydrogen-bond donors (Lipinski definition) is 0. The Balaban J connectivity index is 2.18. The van der Waals surface area contributed by atoms with Gasteiger partial charge in [-0.2, -0.15) is 0 Å². The summed E-state index contributed by atoms with van der Waals surface area (Å²) in [6.45, 7) is 0. The van der Waals surface area contributed by atoms with Gasteiger partial charge in [0.25, 0.3) is 0 Å². The summed E-state index contributed by atoms with van der Waals surface area (Å²) in [6.07, 6.45) is 15.5. The summed E-state index contributed by atoms with van der Waals surface area (Å²) < 4.78 is 0. The molecule has 0 radical (unpaired) electrons. The summed E-state index contributed by atoms with van der Waals surface area (Å²) in [5.41, 5.74) is 2.96.